The van der Waals surface area contributed by atoms with Crippen molar-refractivity contribution in [3.63, 3.8) is 0 Å². The SMILES string of the molecule is C[C@H](NCc1ccco1)c1nnc(-c2ccc(F)cc2)o1. The fourth-order valence-corrected chi connectivity index (χ4v) is 1.87. The summed E-state index contributed by atoms with van der Waals surface area (Å²) in [6.07, 6.45) is 1.63. The van der Waals surface area contributed by atoms with Gasteiger partial charge < -0.3 is 8.83 Å². The Balaban J connectivity index is 1.67. The molecule has 0 radical (unpaired) electrons. The molecule has 0 aliphatic carbocycles. The topological polar surface area (TPSA) is 64.1 Å². The van der Waals surface area contributed by atoms with E-state index in [9.17, 15) is 4.39 Å². The number of aromatic nitrogens is 2. The molecule has 0 unspecified atom stereocenters. The van der Waals surface area contributed by atoms with Crippen molar-refractivity contribution >= 4 is 0 Å². The number of halogens is 1. The lowest BCUT2D eigenvalue weighted by Crippen LogP contribution is -2.18. The highest BCUT2D eigenvalue weighted by atomic mass is 19.1. The van der Waals surface area contributed by atoms with Crippen LogP contribution in [0.25, 0.3) is 11.5 Å². The summed E-state index contributed by atoms with van der Waals surface area (Å²) in [5.74, 6) is 1.38. The maximum atomic E-state index is 12.9. The van der Waals surface area contributed by atoms with E-state index in [0.717, 1.165) is 5.76 Å². The minimum absolute atomic E-state index is 0.114. The molecule has 1 atom stereocenters. The molecular formula is C15H14FN3O2. The Morgan fingerprint density at radius 2 is 2.00 bits per heavy atom. The van der Waals surface area contributed by atoms with E-state index in [4.69, 9.17) is 8.83 Å². The second-order valence-corrected chi connectivity index (χ2v) is 4.63. The fourth-order valence-electron chi connectivity index (χ4n) is 1.87. The van der Waals surface area contributed by atoms with Crippen LogP contribution in [0.4, 0.5) is 4.39 Å². The molecule has 108 valence electrons. The van der Waals surface area contributed by atoms with E-state index in [1.807, 2.05) is 19.1 Å². The van der Waals surface area contributed by atoms with Gasteiger partial charge in [0.25, 0.3) is 0 Å². The van der Waals surface area contributed by atoms with Gasteiger partial charge in [-0.25, -0.2) is 4.39 Å². The third-order valence-corrected chi connectivity index (χ3v) is 3.06. The summed E-state index contributed by atoms with van der Waals surface area (Å²) in [5, 5.41) is 11.2. The molecule has 1 aromatic carbocycles. The van der Waals surface area contributed by atoms with Gasteiger partial charge in [0.05, 0.1) is 18.8 Å². The van der Waals surface area contributed by atoms with Crippen molar-refractivity contribution in [3.05, 3.63) is 60.1 Å². The van der Waals surface area contributed by atoms with Crippen molar-refractivity contribution in [1.29, 1.82) is 0 Å². The van der Waals surface area contributed by atoms with Crippen LogP contribution in [-0.4, -0.2) is 10.2 Å². The Hall–Kier alpha value is -2.47. The van der Waals surface area contributed by atoms with Crippen LogP contribution >= 0.6 is 0 Å². The van der Waals surface area contributed by atoms with E-state index in [1.165, 1.54) is 12.1 Å². The van der Waals surface area contributed by atoms with Gasteiger partial charge in [0, 0.05) is 5.56 Å². The summed E-state index contributed by atoms with van der Waals surface area (Å²) in [4.78, 5) is 0. The van der Waals surface area contributed by atoms with Gasteiger partial charge in [-0.05, 0) is 43.3 Å². The zero-order chi connectivity index (χ0) is 14.7. The van der Waals surface area contributed by atoms with E-state index in [1.54, 1.807) is 18.4 Å². The summed E-state index contributed by atoms with van der Waals surface area (Å²) >= 11 is 0. The summed E-state index contributed by atoms with van der Waals surface area (Å²) < 4.78 is 23.7. The van der Waals surface area contributed by atoms with Crippen LogP contribution in [0.1, 0.15) is 24.6 Å². The molecule has 2 heterocycles. The van der Waals surface area contributed by atoms with E-state index in [0.29, 0.717) is 23.9 Å². The van der Waals surface area contributed by atoms with Crippen LogP contribution in [0.5, 0.6) is 0 Å². The van der Waals surface area contributed by atoms with Gasteiger partial charge in [-0.2, -0.15) is 0 Å². The Labute approximate surface area is 120 Å². The molecule has 0 aliphatic rings. The highest BCUT2D eigenvalue weighted by molar-refractivity contribution is 5.51. The number of nitrogens with zero attached hydrogens (tertiary/aromatic N) is 2. The molecule has 0 fully saturated rings. The molecule has 3 rings (SSSR count). The van der Waals surface area contributed by atoms with Gasteiger partial charge in [0.1, 0.15) is 11.6 Å². The van der Waals surface area contributed by atoms with Crippen molar-refractivity contribution in [1.82, 2.24) is 15.5 Å². The summed E-state index contributed by atoms with van der Waals surface area (Å²) in [6, 6.07) is 9.53. The van der Waals surface area contributed by atoms with E-state index in [2.05, 4.69) is 15.5 Å². The van der Waals surface area contributed by atoms with Crippen molar-refractivity contribution in [2.45, 2.75) is 19.5 Å². The second-order valence-electron chi connectivity index (χ2n) is 4.63. The van der Waals surface area contributed by atoms with Gasteiger partial charge in [0.15, 0.2) is 0 Å². The third kappa shape index (κ3) is 3.17. The molecular weight excluding hydrogens is 273 g/mol. The van der Waals surface area contributed by atoms with E-state index in [-0.39, 0.29) is 11.9 Å². The number of hydrogen-bond donors (Lipinski definition) is 1. The molecule has 0 saturated carbocycles. The first-order valence-corrected chi connectivity index (χ1v) is 6.57. The minimum atomic E-state index is -0.299. The molecule has 0 amide bonds. The lowest BCUT2D eigenvalue weighted by Gasteiger charge is -2.07. The first-order chi connectivity index (χ1) is 10.2. The zero-order valence-electron chi connectivity index (χ0n) is 11.4. The van der Waals surface area contributed by atoms with Crippen LogP contribution < -0.4 is 5.32 Å². The van der Waals surface area contributed by atoms with Gasteiger partial charge in [0.2, 0.25) is 11.8 Å². The molecule has 2 aromatic heterocycles. The molecule has 0 saturated heterocycles. The molecule has 0 spiro atoms. The van der Waals surface area contributed by atoms with E-state index < -0.39 is 0 Å². The second kappa shape index (κ2) is 5.88. The standard InChI is InChI=1S/C15H14FN3O2/c1-10(17-9-13-3-2-8-20-13)14-18-19-15(21-14)11-4-6-12(16)7-5-11/h2-8,10,17H,9H2,1H3/t10-/m0/s1. The van der Waals surface area contributed by atoms with Crippen molar-refractivity contribution in [2.75, 3.05) is 0 Å². The third-order valence-electron chi connectivity index (χ3n) is 3.06. The Kier molecular flexibility index (Phi) is 3.79. The largest absolute Gasteiger partial charge is 0.468 e. The van der Waals surface area contributed by atoms with Crippen LogP contribution in [-0.2, 0) is 6.54 Å². The smallest absolute Gasteiger partial charge is 0.247 e. The first kappa shape index (κ1) is 13.5. The van der Waals surface area contributed by atoms with Crippen molar-refractivity contribution in [2.24, 2.45) is 0 Å². The summed E-state index contributed by atoms with van der Waals surface area (Å²) in [6.45, 7) is 2.49. The van der Waals surface area contributed by atoms with Crippen LogP contribution in [0, 0.1) is 5.82 Å². The molecule has 21 heavy (non-hydrogen) atoms. The van der Waals surface area contributed by atoms with Crippen LogP contribution in [0.2, 0.25) is 0 Å². The lowest BCUT2D eigenvalue weighted by molar-refractivity contribution is 0.400. The molecule has 5 nitrogen and oxygen atoms in total. The number of hydrogen-bond acceptors (Lipinski definition) is 5. The number of rotatable bonds is 5. The highest BCUT2D eigenvalue weighted by Gasteiger charge is 2.15. The molecule has 0 bridgehead atoms. The van der Waals surface area contributed by atoms with Gasteiger partial charge in [-0.3, -0.25) is 5.32 Å². The number of furan rings is 1. The van der Waals surface area contributed by atoms with E-state index >= 15 is 0 Å². The average molecular weight is 287 g/mol. The minimum Gasteiger partial charge on any atom is -0.468 e. The summed E-state index contributed by atoms with van der Waals surface area (Å²) in [7, 11) is 0. The maximum absolute atomic E-state index is 12.9. The number of nitrogens with one attached hydrogen (secondary N) is 1. The summed E-state index contributed by atoms with van der Waals surface area (Å²) in [5.41, 5.74) is 0.688. The average Bonchev–Trinajstić information content (AvgIpc) is 3.17. The lowest BCUT2D eigenvalue weighted by atomic mass is 10.2. The predicted octanol–water partition coefficient (Wildman–Crippen LogP) is 3.32. The molecule has 6 heteroatoms. The maximum Gasteiger partial charge on any atom is 0.247 e. The van der Waals surface area contributed by atoms with Gasteiger partial charge in [-0.15, -0.1) is 10.2 Å². The Bertz CT molecular complexity index is 692. The predicted molar refractivity (Wildman–Crippen MR) is 73.7 cm³/mol. The monoisotopic (exact) mass is 287 g/mol. The highest BCUT2D eigenvalue weighted by Crippen LogP contribution is 2.21. The normalized spacial score (nSPS) is 12.5. The van der Waals surface area contributed by atoms with Crippen LogP contribution in [0.3, 0.4) is 0 Å². The van der Waals surface area contributed by atoms with Gasteiger partial charge >= 0.3 is 0 Å². The quantitative estimate of drug-likeness (QED) is 0.780. The van der Waals surface area contributed by atoms with Crippen molar-refractivity contribution < 1.29 is 13.2 Å². The Morgan fingerprint density at radius 1 is 1.19 bits per heavy atom. The fraction of sp³-hybridized carbons (Fsp3) is 0.200. The van der Waals surface area contributed by atoms with Gasteiger partial charge in [-0.1, -0.05) is 0 Å². The first-order valence-electron chi connectivity index (χ1n) is 6.57. The van der Waals surface area contributed by atoms with Crippen molar-refractivity contribution in [3.8, 4) is 11.5 Å². The Morgan fingerprint density at radius 3 is 2.71 bits per heavy atom. The molecule has 0 aliphatic heterocycles. The van der Waals surface area contributed by atoms with Crippen LogP contribution in [0.15, 0.2) is 51.5 Å². The zero-order valence-corrected chi connectivity index (χ0v) is 11.4. The molecule has 1 N–H and O–H groups in total. The number of benzene rings is 1. The molecule has 3 aromatic rings.